The summed E-state index contributed by atoms with van der Waals surface area (Å²) in [5, 5.41) is 21.6. The maximum absolute atomic E-state index is 12.4. The smallest absolute Gasteiger partial charge is 0.307 e. The molecule has 0 saturated heterocycles. The molecule has 4 atom stereocenters. The molecule has 0 heterocycles. The van der Waals surface area contributed by atoms with E-state index in [0.29, 0.717) is 5.69 Å². The lowest BCUT2D eigenvalue weighted by Crippen LogP contribution is -2.36. The van der Waals surface area contributed by atoms with Crippen molar-refractivity contribution >= 4 is 17.6 Å². The number of fused-ring (bicyclic) bond motifs is 2. The third-order valence-electron chi connectivity index (χ3n) is 4.21. The van der Waals surface area contributed by atoms with E-state index in [-0.39, 0.29) is 23.5 Å². The number of carbonyl (C=O) groups excluding carboxylic acids is 1. The lowest BCUT2D eigenvalue weighted by atomic mass is 9.82. The Bertz CT molecular complexity index is 595. The third-order valence-corrected chi connectivity index (χ3v) is 4.21. The molecule has 2 bridgehead atoms. The van der Waals surface area contributed by atoms with Gasteiger partial charge in [0.1, 0.15) is 5.75 Å². The highest BCUT2D eigenvalue weighted by molar-refractivity contribution is 5.97. The number of amides is 1. The number of hydrogen-bond donors (Lipinski definition) is 3. The first-order chi connectivity index (χ1) is 9.58. The Morgan fingerprint density at radius 3 is 2.40 bits per heavy atom. The molecule has 0 unspecified atom stereocenters. The number of benzene rings is 1. The first kappa shape index (κ1) is 12.7. The number of nitrogens with one attached hydrogen (secondary N) is 1. The molecular formula is C15H15NO4. The van der Waals surface area contributed by atoms with E-state index in [4.69, 9.17) is 0 Å². The van der Waals surface area contributed by atoms with E-state index in [1.165, 1.54) is 6.07 Å². The number of carboxylic acids is 1. The van der Waals surface area contributed by atoms with Crippen LogP contribution in [-0.2, 0) is 9.59 Å². The maximum Gasteiger partial charge on any atom is 0.307 e. The summed E-state index contributed by atoms with van der Waals surface area (Å²) in [7, 11) is 0. The molecule has 5 nitrogen and oxygen atoms in total. The standard InChI is InChI=1S/C15H15NO4/c17-11-4-2-1-3-10(11)16-14(18)12-8-5-6-9(7-8)13(12)15(19)20/h1-6,8-9,12-13,17H,7H2,(H,16,18)(H,19,20)/t8-,9-,12+,13+/m1/s1. The number of phenolic OH excluding ortho intramolecular Hbond substituents is 1. The fourth-order valence-electron chi connectivity index (χ4n) is 3.31. The summed E-state index contributed by atoms with van der Waals surface area (Å²) in [6, 6.07) is 6.42. The summed E-state index contributed by atoms with van der Waals surface area (Å²) in [4.78, 5) is 23.7. The number of para-hydroxylation sites is 2. The van der Waals surface area contributed by atoms with E-state index in [1.807, 2.05) is 12.2 Å². The van der Waals surface area contributed by atoms with Crippen molar-refractivity contribution in [2.45, 2.75) is 6.42 Å². The molecule has 3 rings (SSSR count). The van der Waals surface area contributed by atoms with Gasteiger partial charge in [0.25, 0.3) is 0 Å². The SMILES string of the molecule is O=C(O)[C@@H]1[C@@H](C(=O)Nc2ccccc2O)[C@@H]2C=C[C@@H]1C2. The van der Waals surface area contributed by atoms with E-state index in [0.717, 1.165) is 6.42 Å². The van der Waals surface area contributed by atoms with Crippen LogP contribution in [0.1, 0.15) is 6.42 Å². The topological polar surface area (TPSA) is 86.6 Å². The minimum atomic E-state index is -0.931. The van der Waals surface area contributed by atoms with Crippen molar-refractivity contribution in [2.24, 2.45) is 23.7 Å². The largest absolute Gasteiger partial charge is 0.506 e. The Balaban J connectivity index is 1.82. The Kier molecular flexibility index (Phi) is 2.97. The van der Waals surface area contributed by atoms with Crippen LogP contribution >= 0.6 is 0 Å². The van der Waals surface area contributed by atoms with Crippen molar-refractivity contribution in [3.8, 4) is 5.75 Å². The molecular weight excluding hydrogens is 258 g/mol. The van der Waals surface area contributed by atoms with Gasteiger partial charge in [0, 0.05) is 0 Å². The van der Waals surface area contributed by atoms with Gasteiger partial charge in [-0.05, 0) is 30.4 Å². The number of phenols is 1. The second kappa shape index (κ2) is 4.67. The van der Waals surface area contributed by atoms with Crippen LogP contribution in [0.5, 0.6) is 5.75 Å². The van der Waals surface area contributed by atoms with Gasteiger partial charge in [0.2, 0.25) is 5.91 Å². The molecule has 3 N–H and O–H groups in total. The molecule has 0 radical (unpaired) electrons. The zero-order valence-corrected chi connectivity index (χ0v) is 10.7. The number of aromatic hydroxyl groups is 1. The second-order valence-corrected chi connectivity index (χ2v) is 5.34. The number of aliphatic carboxylic acids is 1. The first-order valence-electron chi connectivity index (χ1n) is 6.58. The number of allylic oxidation sites excluding steroid dienone is 2. The lowest BCUT2D eigenvalue weighted by molar-refractivity contribution is -0.146. The number of carbonyl (C=O) groups is 2. The third kappa shape index (κ3) is 1.95. The van der Waals surface area contributed by atoms with Crippen LogP contribution in [0.2, 0.25) is 0 Å². The maximum atomic E-state index is 12.4. The summed E-state index contributed by atoms with van der Waals surface area (Å²) in [5.74, 6) is -2.61. The molecule has 1 aromatic rings. The Hall–Kier alpha value is -2.30. The number of hydrogen-bond acceptors (Lipinski definition) is 3. The molecule has 0 spiro atoms. The summed E-state index contributed by atoms with van der Waals surface area (Å²) in [5.41, 5.74) is 0.313. The van der Waals surface area contributed by atoms with E-state index in [9.17, 15) is 19.8 Å². The van der Waals surface area contributed by atoms with Crippen molar-refractivity contribution in [1.82, 2.24) is 0 Å². The van der Waals surface area contributed by atoms with Crippen LogP contribution < -0.4 is 5.32 Å². The Labute approximate surface area is 115 Å². The molecule has 20 heavy (non-hydrogen) atoms. The van der Waals surface area contributed by atoms with Gasteiger partial charge in [-0.3, -0.25) is 9.59 Å². The van der Waals surface area contributed by atoms with E-state index in [1.54, 1.807) is 18.2 Å². The molecule has 1 saturated carbocycles. The predicted molar refractivity (Wildman–Crippen MR) is 72.1 cm³/mol. The van der Waals surface area contributed by atoms with Crippen molar-refractivity contribution in [2.75, 3.05) is 5.32 Å². The monoisotopic (exact) mass is 273 g/mol. The molecule has 104 valence electrons. The van der Waals surface area contributed by atoms with E-state index >= 15 is 0 Å². The highest BCUT2D eigenvalue weighted by Gasteiger charge is 2.51. The Morgan fingerprint density at radius 2 is 1.75 bits per heavy atom. The molecule has 2 aliphatic rings. The minimum Gasteiger partial charge on any atom is -0.506 e. The number of carboxylic acid groups (broad SMARTS) is 1. The zero-order valence-electron chi connectivity index (χ0n) is 10.7. The number of rotatable bonds is 3. The second-order valence-electron chi connectivity index (χ2n) is 5.34. The molecule has 1 fully saturated rings. The first-order valence-corrected chi connectivity index (χ1v) is 6.58. The molecule has 1 aromatic carbocycles. The van der Waals surface area contributed by atoms with Crippen molar-refractivity contribution < 1.29 is 19.8 Å². The van der Waals surface area contributed by atoms with Gasteiger partial charge < -0.3 is 15.5 Å². The average Bonchev–Trinajstić information content (AvgIpc) is 3.01. The molecule has 1 amide bonds. The van der Waals surface area contributed by atoms with Crippen LogP contribution in [0.3, 0.4) is 0 Å². The molecule has 0 aliphatic heterocycles. The van der Waals surface area contributed by atoms with E-state index in [2.05, 4.69) is 5.32 Å². The van der Waals surface area contributed by atoms with Gasteiger partial charge in [0.15, 0.2) is 0 Å². The van der Waals surface area contributed by atoms with Gasteiger partial charge in [-0.25, -0.2) is 0 Å². The highest BCUT2D eigenvalue weighted by atomic mass is 16.4. The summed E-state index contributed by atoms with van der Waals surface area (Å²) in [6.45, 7) is 0. The fourth-order valence-corrected chi connectivity index (χ4v) is 3.31. The van der Waals surface area contributed by atoms with Crippen molar-refractivity contribution in [3.63, 3.8) is 0 Å². The van der Waals surface area contributed by atoms with Crippen molar-refractivity contribution in [3.05, 3.63) is 36.4 Å². The van der Waals surface area contributed by atoms with E-state index < -0.39 is 17.8 Å². The van der Waals surface area contributed by atoms with Crippen molar-refractivity contribution in [1.29, 1.82) is 0 Å². The van der Waals surface area contributed by atoms with Crippen LogP contribution in [0.4, 0.5) is 5.69 Å². The average molecular weight is 273 g/mol. The normalized spacial score (nSPS) is 30.4. The quantitative estimate of drug-likeness (QED) is 0.579. The summed E-state index contributed by atoms with van der Waals surface area (Å²) >= 11 is 0. The summed E-state index contributed by atoms with van der Waals surface area (Å²) in [6.07, 6.45) is 4.54. The minimum absolute atomic E-state index is 0.0213. The number of anilines is 1. The predicted octanol–water partition coefficient (Wildman–Crippen LogP) is 1.85. The van der Waals surface area contributed by atoms with Gasteiger partial charge in [-0.15, -0.1) is 0 Å². The summed E-state index contributed by atoms with van der Waals surface area (Å²) < 4.78 is 0. The van der Waals surface area contributed by atoms with Gasteiger partial charge in [-0.2, -0.15) is 0 Å². The molecule has 5 heteroatoms. The van der Waals surface area contributed by atoms with Crippen LogP contribution in [0.15, 0.2) is 36.4 Å². The van der Waals surface area contributed by atoms with Gasteiger partial charge in [0.05, 0.1) is 17.5 Å². The van der Waals surface area contributed by atoms with Crippen LogP contribution in [0.25, 0.3) is 0 Å². The molecule has 2 aliphatic carbocycles. The highest BCUT2D eigenvalue weighted by Crippen LogP contribution is 2.48. The zero-order chi connectivity index (χ0) is 14.3. The molecule has 0 aromatic heterocycles. The van der Waals surface area contributed by atoms with Gasteiger partial charge in [-0.1, -0.05) is 24.3 Å². The van der Waals surface area contributed by atoms with Gasteiger partial charge >= 0.3 is 5.97 Å². The Morgan fingerprint density at radius 1 is 1.10 bits per heavy atom. The van der Waals surface area contributed by atoms with Crippen LogP contribution in [-0.4, -0.2) is 22.1 Å². The fraction of sp³-hybridized carbons (Fsp3) is 0.333. The lowest BCUT2D eigenvalue weighted by Gasteiger charge is -2.24. The van der Waals surface area contributed by atoms with Crippen LogP contribution in [0, 0.1) is 23.7 Å².